The van der Waals surface area contributed by atoms with Crippen LogP contribution in [0.5, 0.6) is 0 Å². The van der Waals surface area contributed by atoms with Crippen LogP contribution in [0.4, 0.5) is 11.4 Å². The van der Waals surface area contributed by atoms with Gasteiger partial charge in [0, 0.05) is 22.5 Å². The molecule has 0 aliphatic rings. The van der Waals surface area contributed by atoms with Crippen molar-refractivity contribution in [3.05, 3.63) is 71.8 Å². The third-order valence-corrected chi connectivity index (χ3v) is 4.11. The minimum Gasteiger partial charge on any atom is -0.478 e. The van der Waals surface area contributed by atoms with E-state index in [1.54, 1.807) is 36.4 Å². The van der Waals surface area contributed by atoms with Crippen LogP contribution < -0.4 is 11.5 Å². The van der Waals surface area contributed by atoms with Gasteiger partial charge in [-0.05, 0) is 47.5 Å². The van der Waals surface area contributed by atoms with Crippen LogP contribution in [0.2, 0.25) is 0 Å². The summed E-state index contributed by atoms with van der Waals surface area (Å²) in [5.74, 6) is -1.99. The Morgan fingerprint density at radius 1 is 0.615 bits per heavy atom. The molecule has 0 saturated heterocycles. The highest BCUT2D eigenvalue weighted by atomic mass is 16.4. The molecular formula is C20H16N2O4. The summed E-state index contributed by atoms with van der Waals surface area (Å²) in [6.07, 6.45) is 0. The standard InChI is InChI=1S/C20H16N2O4/c21-17-10-16(12-3-7-14(8-4-12)20(25)26)18(22)9-15(17)11-1-5-13(6-2-11)19(23)24/h1-10H,21-22H2,(H,23,24)(H,25,26). The summed E-state index contributed by atoms with van der Waals surface area (Å²) in [4.78, 5) is 21.9. The zero-order chi connectivity index (χ0) is 18.8. The third kappa shape index (κ3) is 3.21. The van der Waals surface area contributed by atoms with E-state index in [9.17, 15) is 9.59 Å². The number of carboxylic acids is 2. The maximum Gasteiger partial charge on any atom is 0.335 e. The van der Waals surface area contributed by atoms with Gasteiger partial charge in [0.1, 0.15) is 0 Å². The zero-order valence-electron chi connectivity index (χ0n) is 13.6. The molecule has 0 aliphatic heterocycles. The van der Waals surface area contributed by atoms with Gasteiger partial charge in [-0.15, -0.1) is 0 Å². The van der Waals surface area contributed by atoms with E-state index >= 15 is 0 Å². The van der Waals surface area contributed by atoms with Crippen LogP contribution in [-0.4, -0.2) is 22.2 Å². The average molecular weight is 348 g/mol. The van der Waals surface area contributed by atoms with E-state index in [4.69, 9.17) is 21.7 Å². The molecule has 0 radical (unpaired) electrons. The Labute approximate surface area is 149 Å². The summed E-state index contributed by atoms with van der Waals surface area (Å²) < 4.78 is 0. The van der Waals surface area contributed by atoms with Crippen molar-refractivity contribution in [2.45, 2.75) is 0 Å². The quantitative estimate of drug-likeness (QED) is 0.534. The maximum atomic E-state index is 11.0. The van der Waals surface area contributed by atoms with Crippen molar-refractivity contribution in [3.63, 3.8) is 0 Å². The van der Waals surface area contributed by atoms with Gasteiger partial charge in [-0.2, -0.15) is 0 Å². The van der Waals surface area contributed by atoms with Crippen molar-refractivity contribution >= 4 is 23.3 Å². The second kappa shape index (κ2) is 6.60. The monoisotopic (exact) mass is 348 g/mol. The van der Waals surface area contributed by atoms with E-state index in [0.717, 1.165) is 11.1 Å². The van der Waals surface area contributed by atoms with Crippen molar-refractivity contribution < 1.29 is 19.8 Å². The molecule has 0 saturated carbocycles. The summed E-state index contributed by atoms with van der Waals surface area (Å²) in [7, 11) is 0. The highest BCUT2D eigenvalue weighted by Crippen LogP contribution is 2.35. The number of carboxylic acid groups (broad SMARTS) is 2. The molecule has 0 aromatic heterocycles. The van der Waals surface area contributed by atoms with Crippen molar-refractivity contribution in [1.82, 2.24) is 0 Å². The van der Waals surface area contributed by atoms with Crippen LogP contribution in [-0.2, 0) is 0 Å². The van der Waals surface area contributed by atoms with Crippen LogP contribution in [0.1, 0.15) is 20.7 Å². The number of rotatable bonds is 4. The molecule has 0 spiro atoms. The molecule has 3 rings (SSSR count). The van der Waals surface area contributed by atoms with Gasteiger partial charge in [0.05, 0.1) is 11.1 Å². The first-order chi connectivity index (χ1) is 12.4. The fourth-order valence-electron chi connectivity index (χ4n) is 2.72. The van der Waals surface area contributed by atoms with Crippen molar-refractivity contribution in [3.8, 4) is 22.3 Å². The van der Waals surface area contributed by atoms with E-state index in [2.05, 4.69) is 0 Å². The second-order valence-corrected chi connectivity index (χ2v) is 5.79. The average Bonchev–Trinajstić information content (AvgIpc) is 2.63. The molecule has 130 valence electrons. The van der Waals surface area contributed by atoms with E-state index < -0.39 is 11.9 Å². The maximum absolute atomic E-state index is 11.0. The molecular weight excluding hydrogens is 332 g/mol. The lowest BCUT2D eigenvalue weighted by molar-refractivity contribution is 0.0686. The zero-order valence-corrected chi connectivity index (χ0v) is 13.6. The van der Waals surface area contributed by atoms with Gasteiger partial charge < -0.3 is 21.7 Å². The van der Waals surface area contributed by atoms with Crippen molar-refractivity contribution in [2.24, 2.45) is 0 Å². The van der Waals surface area contributed by atoms with E-state index in [0.29, 0.717) is 22.5 Å². The molecule has 0 fully saturated rings. The minimum atomic E-state index is -0.996. The smallest absolute Gasteiger partial charge is 0.335 e. The molecule has 6 nitrogen and oxygen atoms in total. The van der Waals surface area contributed by atoms with Crippen LogP contribution in [0.25, 0.3) is 22.3 Å². The Hall–Kier alpha value is -3.80. The first-order valence-corrected chi connectivity index (χ1v) is 7.73. The number of nitrogen functional groups attached to an aromatic ring is 2. The van der Waals surface area contributed by atoms with Crippen molar-refractivity contribution in [1.29, 1.82) is 0 Å². The third-order valence-electron chi connectivity index (χ3n) is 4.11. The van der Waals surface area contributed by atoms with Gasteiger partial charge >= 0.3 is 11.9 Å². The minimum absolute atomic E-state index is 0.190. The lowest BCUT2D eigenvalue weighted by atomic mass is 9.95. The molecule has 3 aromatic carbocycles. The van der Waals surface area contributed by atoms with Gasteiger partial charge in [0.2, 0.25) is 0 Å². The van der Waals surface area contributed by atoms with Crippen LogP contribution >= 0.6 is 0 Å². The summed E-state index contributed by atoms with van der Waals surface area (Å²) >= 11 is 0. The van der Waals surface area contributed by atoms with Gasteiger partial charge in [0.15, 0.2) is 0 Å². The number of anilines is 2. The Balaban J connectivity index is 2.00. The normalized spacial score (nSPS) is 10.5. The summed E-state index contributed by atoms with van der Waals surface area (Å²) in [6.45, 7) is 0. The highest BCUT2D eigenvalue weighted by Gasteiger charge is 2.11. The Morgan fingerprint density at radius 3 is 1.19 bits per heavy atom. The Morgan fingerprint density at radius 2 is 0.923 bits per heavy atom. The van der Waals surface area contributed by atoms with Crippen LogP contribution in [0, 0.1) is 0 Å². The molecule has 0 bridgehead atoms. The molecule has 3 aromatic rings. The number of hydrogen-bond donors (Lipinski definition) is 4. The predicted molar refractivity (Wildman–Crippen MR) is 100 cm³/mol. The molecule has 0 heterocycles. The van der Waals surface area contributed by atoms with Crippen LogP contribution in [0.15, 0.2) is 60.7 Å². The van der Waals surface area contributed by atoms with E-state index in [1.807, 2.05) is 0 Å². The summed E-state index contributed by atoms with van der Waals surface area (Å²) in [5, 5.41) is 18.0. The van der Waals surface area contributed by atoms with E-state index in [-0.39, 0.29) is 11.1 Å². The SMILES string of the molecule is Nc1cc(-c2ccc(C(=O)O)cc2)c(N)cc1-c1ccc(C(=O)O)cc1. The fraction of sp³-hybridized carbons (Fsp3) is 0. The van der Waals surface area contributed by atoms with E-state index in [1.165, 1.54) is 24.3 Å². The molecule has 6 heteroatoms. The van der Waals surface area contributed by atoms with Crippen molar-refractivity contribution in [2.75, 3.05) is 11.5 Å². The van der Waals surface area contributed by atoms with Gasteiger partial charge in [0.25, 0.3) is 0 Å². The lowest BCUT2D eigenvalue weighted by Gasteiger charge is -2.13. The first-order valence-electron chi connectivity index (χ1n) is 7.73. The number of aromatic carboxylic acids is 2. The molecule has 26 heavy (non-hydrogen) atoms. The Kier molecular flexibility index (Phi) is 4.33. The van der Waals surface area contributed by atoms with Gasteiger partial charge in [-0.1, -0.05) is 24.3 Å². The Bertz CT molecular complexity index is 910. The molecule has 6 N–H and O–H groups in total. The topological polar surface area (TPSA) is 127 Å². The second-order valence-electron chi connectivity index (χ2n) is 5.79. The fourth-order valence-corrected chi connectivity index (χ4v) is 2.72. The van der Waals surface area contributed by atoms with Crippen LogP contribution in [0.3, 0.4) is 0 Å². The number of hydrogen-bond acceptors (Lipinski definition) is 4. The lowest BCUT2D eigenvalue weighted by Crippen LogP contribution is -1.99. The molecule has 0 atom stereocenters. The predicted octanol–water partition coefficient (Wildman–Crippen LogP) is 3.58. The van der Waals surface area contributed by atoms with Gasteiger partial charge in [-0.25, -0.2) is 9.59 Å². The molecule has 0 unspecified atom stereocenters. The summed E-state index contributed by atoms with van der Waals surface area (Å²) in [6, 6.07) is 16.2. The largest absolute Gasteiger partial charge is 0.478 e. The first kappa shape index (κ1) is 17.0. The molecule has 0 amide bonds. The van der Waals surface area contributed by atoms with Gasteiger partial charge in [-0.3, -0.25) is 0 Å². The highest BCUT2D eigenvalue weighted by molar-refractivity contribution is 5.92. The molecule has 0 aliphatic carbocycles. The summed E-state index contributed by atoms with van der Waals surface area (Å²) in [5.41, 5.74) is 16.6. The number of nitrogens with two attached hydrogens (primary N) is 2. The number of benzene rings is 3. The number of carbonyl (C=O) groups is 2.